The maximum atomic E-state index is 8.87. The molecule has 0 radical (unpaired) electrons. The van der Waals surface area contributed by atoms with Crippen molar-refractivity contribution in [2.75, 3.05) is 6.54 Å². The molecule has 1 aromatic rings. The molecule has 2 aliphatic rings. The summed E-state index contributed by atoms with van der Waals surface area (Å²) in [5.74, 6) is 0.783. The predicted octanol–water partition coefficient (Wildman–Crippen LogP) is 1.72. The van der Waals surface area contributed by atoms with Gasteiger partial charge in [0.25, 0.3) is 0 Å². The van der Waals surface area contributed by atoms with Crippen LogP contribution in [0.25, 0.3) is 5.57 Å². The van der Waals surface area contributed by atoms with Gasteiger partial charge in [-0.25, -0.2) is 0 Å². The van der Waals surface area contributed by atoms with Crippen LogP contribution in [0.4, 0.5) is 0 Å². The summed E-state index contributed by atoms with van der Waals surface area (Å²) in [6.07, 6.45) is 8.18. The predicted molar refractivity (Wildman–Crippen MR) is 61.4 cm³/mol. The molecule has 0 amide bonds. The number of pyridine rings is 1. The van der Waals surface area contributed by atoms with Crippen molar-refractivity contribution in [1.29, 1.82) is 5.26 Å². The van der Waals surface area contributed by atoms with Gasteiger partial charge in [-0.05, 0) is 36.0 Å². The first-order valence-corrected chi connectivity index (χ1v) is 5.67. The van der Waals surface area contributed by atoms with Gasteiger partial charge >= 0.3 is 0 Å². The molecule has 1 saturated heterocycles. The lowest BCUT2D eigenvalue weighted by Crippen LogP contribution is -2.54. The average molecular weight is 211 g/mol. The smallest absolute Gasteiger partial charge is 0.101 e. The monoisotopic (exact) mass is 211 g/mol. The molecule has 0 saturated carbocycles. The van der Waals surface area contributed by atoms with Gasteiger partial charge in [-0.3, -0.25) is 4.98 Å². The van der Waals surface area contributed by atoms with Gasteiger partial charge < -0.3 is 5.32 Å². The molecule has 1 fully saturated rings. The highest BCUT2D eigenvalue weighted by Gasteiger charge is 2.35. The summed E-state index contributed by atoms with van der Waals surface area (Å²) in [5, 5.41) is 12.3. The number of aromatic nitrogens is 1. The van der Waals surface area contributed by atoms with Crippen LogP contribution in [-0.2, 0) is 0 Å². The third-order valence-corrected chi connectivity index (χ3v) is 3.51. The number of nitrogens with zero attached hydrogens (tertiary/aromatic N) is 2. The molecular formula is C13H13N3. The van der Waals surface area contributed by atoms with E-state index in [1.165, 1.54) is 12.0 Å². The number of nitriles is 1. The second kappa shape index (κ2) is 3.73. The Morgan fingerprint density at radius 1 is 1.44 bits per heavy atom. The fourth-order valence-electron chi connectivity index (χ4n) is 2.57. The molecule has 0 unspecified atom stereocenters. The highest BCUT2D eigenvalue weighted by Crippen LogP contribution is 2.35. The zero-order valence-corrected chi connectivity index (χ0v) is 8.98. The summed E-state index contributed by atoms with van der Waals surface area (Å²) >= 11 is 0. The van der Waals surface area contributed by atoms with Crippen LogP contribution in [0.2, 0.25) is 0 Å². The molecule has 1 N–H and O–H groups in total. The highest BCUT2D eigenvalue weighted by atomic mass is 15.0. The highest BCUT2D eigenvalue weighted by molar-refractivity contribution is 5.72. The molecule has 2 atom stereocenters. The molecule has 1 aromatic heterocycles. The van der Waals surface area contributed by atoms with Crippen molar-refractivity contribution in [3.63, 3.8) is 0 Å². The van der Waals surface area contributed by atoms with Gasteiger partial charge in [-0.2, -0.15) is 5.26 Å². The van der Waals surface area contributed by atoms with E-state index < -0.39 is 0 Å². The molecule has 3 heteroatoms. The van der Waals surface area contributed by atoms with Crippen molar-refractivity contribution in [3.05, 3.63) is 35.7 Å². The number of nitrogens with one attached hydrogen (secondary N) is 1. The minimum atomic E-state index is 0.490. The number of fused-ring (bicyclic) bond motifs is 1. The Kier molecular flexibility index (Phi) is 2.23. The maximum Gasteiger partial charge on any atom is 0.101 e. The van der Waals surface area contributed by atoms with E-state index in [2.05, 4.69) is 22.4 Å². The van der Waals surface area contributed by atoms with Gasteiger partial charge in [-0.15, -0.1) is 0 Å². The van der Waals surface area contributed by atoms with E-state index in [0.717, 1.165) is 24.4 Å². The van der Waals surface area contributed by atoms with Gasteiger partial charge in [0.2, 0.25) is 0 Å². The van der Waals surface area contributed by atoms with Crippen LogP contribution >= 0.6 is 0 Å². The number of hydrogen-bond acceptors (Lipinski definition) is 3. The topological polar surface area (TPSA) is 48.7 Å². The van der Waals surface area contributed by atoms with Crippen molar-refractivity contribution in [3.8, 4) is 6.07 Å². The van der Waals surface area contributed by atoms with Gasteiger partial charge in [0.15, 0.2) is 0 Å². The molecule has 0 bridgehead atoms. The largest absolute Gasteiger partial charge is 0.309 e. The van der Waals surface area contributed by atoms with Gasteiger partial charge in [0.1, 0.15) is 6.07 Å². The second-order valence-corrected chi connectivity index (χ2v) is 4.46. The Bertz CT molecular complexity index is 484. The molecule has 1 aliphatic heterocycles. The first kappa shape index (κ1) is 9.56. The second-order valence-electron chi connectivity index (χ2n) is 4.46. The fraction of sp³-hybridized carbons (Fsp3) is 0.385. The molecule has 0 spiro atoms. The first-order chi connectivity index (χ1) is 7.88. The molecule has 80 valence electrons. The summed E-state index contributed by atoms with van der Waals surface area (Å²) in [7, 11) is 0. The molecule has 2 heterocycles. The Morgan fingerprint density at radius 2 is 2.38 bits per heavy atom. The lowest BCUT2D eigenvalue weighted by molar-refractivity contribution is 0.262. The summed E-state index contributed by atoms with van der Waals surface area (Å²) < 4.78 is 0. The van der Waals surface area contributed by atoms with E-state index in [9.17, 15) is 0 Å². The van der Waals surface area contributed by atoms with Crippen LogP contribution < -0.4 is 5.32 Å². The van der Waals surface area contributed by atoms with Crippen LogP contribution in [-0.4, -0.2) is 17.6 Å². The Labute approximate surface area is 94.8 Å². The summed E-state index contributed by atoms with van der Waals surface area (Å²) in [4.78, 5) is 4.12. The number of rotatable bonds is 1. The SMILES string of the molecule is N#Cc1cncc(C2=CCC[C@@H]3CN[C@H]23)c1. The Hall–Kier alpha value is -1.66. The van der Waals surface area contributed by atoms with Crippen molar-refractivity contribution in [2.24, 2.45) is 5.92 Å². The molecule has 3 rings (SSSR count). The molecule has 0 aromatic carbocycles. The van der Waals surface area contributed by atoms with Crippen molar-refractivity contribution < 1.29 is 0 Å². The zero-order valence-electron chi connectivity index (χ0n) is 8.98. The van der Waals surface area contributed by atoms with E-state index in [0.29, 0.717) is 11.6 Å². The van der Waals surface area contributed by atoms with Crippen LogP contribution in [0.5, 0.6) is 0 Å². The van der Waals surface area contributed by atoms with Crippen LogP contribution in [0, 0.1) is 17.2 Å². The van der Waals surface area contributed by atoms with E-state index in [4.69, 9.17) is 5.26 Å². The molecule has 1 aliphatic carbocycles. The van der Waals surface area contributed by atoms with Gasteiger partial charge in [0, 0.05) is 25.0 Å². The normalized spacial score (nSPS) is 27.3. The number of allylic oxidation sites excluding steroid dienone is 1. The number of hydrogen-bond donors (Lipinski definition) is 1. The summed E-state index contributed by atoms with van der Waals surface area (Å²) in [5.41, 5.74) is 3.06. The van der Waals surface area contributed by atoms with E-state index >= 15 is 0 Å². The maximum absolute atomic E-state index is 8.87. The van der Waals surface area contributed by atoms with E-state index in [-0.39, 0.29) is 0 Å². The third-order valence-electron chi connectivity index (χ3n) is 3.51. The molecule has 16 heavy (non-hydrogen) atoms. The third kappa shape index (κ3) is 1.43. The van der Waals surface area contributed by atoms with Gasteiger partial charge in [0.05, 0.1) is 5.56 Å². The van der Waals surface area contributed by atoms with Crippen molar-refractivity contribution >= 4 is 5.57 Å². The molecule has 3 nitrogen and oxygen atoms in total. The lowest BCUT2D eigenvalue weighted by atomic mass is 9.76. The minimum Gasteiger partial charge on any atom is -0.309 e. The Morgan fingerprint density at radius 3 is 3.12 bits per heavy atom. The van der Waals surface area contributed by atoms with Gasteiger partial charge in [-0.1, -0.05) is 6.08 Å². The van der Waals surface area contributed by atoms with Crippen molar-refractivity contribution in [1.82, 2.24) is 10.3 Å². The summed E-state index contributed by atoms with van der Waals surface area (Å²) in [6.45, 7) is 1.13. The van der Waals surface area contributed by atoms with Crippen LogP contribution in [0.15, 0.2) is 24.5 Å². The van der Waals surface area contributed by atoms with Crippen LogP contribution in [0.3, 0.4) is 0 Å². The van der Waals surface area contributed by atoms with Crippen molar-refractivity contribution in [2.45, 2.75) is 18.9 Å². The minimum absolute atomic E-state index is 0.490. The quantitative estimate of drug-likeness (QED) is 0.769. The molecular weight excluding hydrogens is 198 g/mol. The van der Waals surface area contributed by atoms with E-state index in [1.807, 2.05) is 12.3 Å². The average Bonchev–Trinajstić information content (AvgIpc) is 2.30. The zero-order chi connectivity index (χ0) is 11.0. The Balaban J connectivity index is 1.97. The summed E-state index contributed by atoms with van der Waals surface area (Å²) in [6, 6.07) is 4.56. The van der Waals surface area contributed by atoms with E-state index in [1.54, 1.807) is 6.20 Å². The fourth-order valence-corrected chi connectivity index (χ4v) is 2.57. The first-order valence-electron chi connectivity index (χ1n) is 5.67. The standard InChI is InChI=1S/C13H13N3/c14-5-9-4-11(7-15-6-9)12-3-1-2-10-8-16-13(10)12/h3-4,6-7,10,13,16H,1-2,8H2/t10-,13+/m1/s1. The lowest BCUT2D eigenvalue weighted by Gasteiger charge is -2.42. The van der Waals surface area contributed by atoms with Crippen LogP contribution in [0.1, 0.15) is 24.0 Å².